The van der Waals surface area contributed by atoms with Gasteiger partial charge in [0.15, 0.2) is 5.96 Å². The summed E-state index contributed by atoms with van der Waals surface area (Å²) in [5.74, 6) is -1.76. The maximum absolute atomic E-state index is 14.1. The minimum Gasteiger partial charge on any atom is -0.384 e. The van der Waals surface area contributed by atoms with E-state index in [2.05, 4.69) is 10.6 Å². The molecule has 0 bridgehead atoms. The number of carbonyl (C=O) groups is 3. The Labute approximate surface area is 266 Å². The molecule has 8 N–H and O–H groups in total. The minimum absolute atomic E-state index is 0.00471. The van der Waals surface area contributed by atoms with E-state index in [1.54, 1.807) is 36.2 Å². The van der Waals surface area contributed by atoms with Crippen LogP contribution in [0, 0.1) is 28.6 Å². The third-order valence-electron chi connectivity index (χ3n) is 9.18. The zero-order valence-corrected chi connectivity index (χ0v) is 26.3. The highest BCUT2D eigenvalue weighted by Gasteiger charge is 2.36. The Hall–Kier alpha value is -4.41. The first-order valence-electron chi connectivity index (χ1n) is 16.0. The molecule has 2 fully saturated rings. The van der Waals surface area contributed by atoms with Crippen LogP contribution in [0.2, 0.25) is 0 Å². The molecule has 2 aromatic carbocycles. The number of guanidine groups is 1. The number of carbonyl (C=O) groups excluding carboxylic acids is 3. The highest BCUT2D eigenvalue weighted by molar-refractivity contribution is 6.02. The van der Waals surface area contributed by atoms with Crippen molar-refractivity contribution in [2.45, 2.75) is 64.0 Å². The first kappa shape index (κ1) is 33.5. The van der Waals surface area contributed by atoms with Crippen molar-refractivity contribution in [3.8, 4) is 0 Å². The van der Waals surface area contributed by atoms with E-state index in [1.807, 2.05) is 35.2 Å². The number of rotatable bonds is 12. The number of nitrogens with one attached hydrogen (secondary N) is 4. The molecule has 11 nitrogen and oxygen atoms in total. The number of nitrogen functional groups attached to an aromatic ring is 1. The van der Waals surface area contributed by atoms with Gasteiger partial charge < -0.3 is 31.9 Å². The summed E-state index contributed by atoms with van der Waals surface area (Å²) in [7, 11) is 1.69. The summed E-state index contributed by atoms with van der Waals surface area (Å²) in [5, 5.41) is 21.5. The van der Waals surface area contributed by atoms with E-state index in [4.69, 9.17) is 22.3 Å². The predicted molar refractivity (Wildman–Crippen MR) is 175 cm³/mol. The van der Waals surface area contributed by atoms with Gasteiger partial charge in [-0.2, -0.15) is 0 Å². The van der Waals surface area contributed by atoms with Crippen molar-refractivity contribution >= 4 is 29.5 Å². The molecular formula is C34H48N8O3. The highest BCUT2D eigenvalue weighted by atomic mass is 16.2. The number of hydrogen-bond acceptors (Lipinski definition) is 5. The Morgan fingerprint density at radius 2 is 1.53 bits per heavy atom. The first-order valence-corrected chi connectivity index (χ1v) is 16.0. The SMILES string of the molecule is CN(Cc1ccccc1)C(=O)C(Cc1ccc(C(=N)N)cc1)C(=O)N[C@H](C(=O)NCC1CCN(C(=N)N)CC1)C1CCCCC1. The number of piperidine rings is 1. The zero-order chi connectivity index (χ0) is 32.3. The summed E-state index contributed by atoms with van der Waals surface area (Å²) in [4.78, 5) is 45.0. The van der Waals surface area contributed by atoms with Crippen LogP contribution in [0.3, 0.4) is 0 Å². The highest BCUT2D eigenvalue weighted by Crippen LogP contribution is 2.27. The van der Waals surface area contributed by atoms with E-state index >= 15 is 0 Å². The van der Waals surface area contributed by atoms with E-state index in [9.17, 15) is 14.4 Å². The van der Waals surface area contributed by atoms with Gasteiger partial charge in [-0.3, -0.25) is 25.2 Å². The van der Waals surface area contributed by atoms with Crippen molar-refractivity contribution in [2.24, 2.45) is 29.2 Å². The summed E-state index contributed by atoms with van der Waals surface area (Å²) in [6.07, 6.45) is 6.59. The van der Waals surface area contributed by atoms with Gasteiger partial charge in [0, 0.05) is 38.8 Å². The van der Waals surface area contributed by atoms with Crippen LogP contribution in [0.15, 0.2) is 54.6 Å². The normalized spacial score (nSPS) is 17.1. The monoisotopic (exact) mass is 616 g/mol. The van der Waals surface area contributed by atoms with Gasteiger partial charge in [-0.05, 0) is 55.1 Å². The molecule has 0 aromatic heterocycles. The third kappa shape index (κ3) is 9.54. The molecule has 0 spiro atoms. The lowest BCUT2D eigenvalue weighted by atomic mass is 9.83. The number of nitrogens with two attached hydrogens (primary N) is 2. The second kappa shape index (κ2) is 16.1. The van der Waals surface area contributed by atoms with Crippen LogP contribution in [-0.4, -0.2) is 72.0 Å². The maximum Gasteiger partial charge on any atom is 0.242 e. The van der Waals surface area contributed by atoms with Crippen molar-refractivity contribution in [3.63, 3.8) is 0 Å². The lowest BCUT2D eigenvalue weighted by molar-refractivity contribution is -0.143. The van der Waals surface area contributed by atoms with Gasteiger partial charge in [0.05, 0.1) is 0 Å². The van der Waals surface area contributed by atoms with Crippen LogP contribution in [0.5, 0.6) is 0 Å². The molecule has 1 unspecified atom stereocenters. The van der Waals surface area contributed by atoms with E-state index in [1.165, 1.54) is 0 Å². The van der Waals surface area contributed by atoms with Crippen LogP contribution >= 0.6 is 0 Å². The molecule has 1 aliphatic carbocycles. The number of hydrogen-bond donors (Lipinski definition) is 6. The summed E-state index contributed by atoms with van der Waals surface area (Å²) < 4.78 is 0. The van der Waals surface area contributed by atoms with Crippen LogP contribution in [0.4, 0.5) is 0 Å². The minimum atomic E-state index is -1.04. The molecule has 1 saturated carbocycles. The van der Waals surface area contributed by atoms with Gasteiger partial charge in [-0.15, -0.1) is 0 Å². The van der Waals surface area contributed by atoms with E-state index < -0.39 is 17.9 Å². The average Bonchev–Trinajstić information content (AvgIpc) is 3.05. The fourth-order valence-electron chi connectivity index (χ4n) is 6.40. The summed E-state index contributed by atoms with van der Waals surface area (Å²) >= 11 is 0. The average molecular weight is 617 g/mol. The standard InChI is InChI=1S/C34H48N8O3/c1-41(22-25-8-4-2-5-9-25)33(45)28(20-23-12-14-27(15-13-23)30(35)36)31(43)40-29(26-10-6-3-7-11-26)32(44)39-21-24-16-18-42(19-17-24)34(37)38/h2,4-5,8-9,12-15,24,26,28-29H,3,6-7,10-11,16-22H2,1H3,(H3,35,36)(H3,37,38)(H,39,44)(H,40,43)/t28?,29-/m0/s1. The number of likely N-dealkylation sites (tertiary alicyclic amines) is 1. The maximum atomic E-state index is 14.1. The molecule has 1 saturated heterocycles. The molecule has 242 valence electrons. The molecule has 45 heavy (non-hydrogen) atoms. The lowest BCUT2D eigenvalue weighted by Crippen LogP contribution is -2.55. The number of nitrogens with zero attached hydrogens (tertiary/aromatic N) is 2. The molecule has 2 atom stereocenters. The smallest absolute Gasteiger partial charge is 0.242 e. The molecule has 3 amide bonds. The quantitative estimate of drug-likeness (QED) is 0.121. The van der Waals surface area contributed by atoms with E-state index in [0.29, 0.717) is 31.7 Å². The Balaban J connectivity index is 1.50. The zero-order valence-electron chi connectivity index (χ0n) is 26.3. The van der Waals surface area contributed by atoms with Crippen LogP contribution in [0.25, 0.3) is 0 Å². The molecule has 0 radical (unpaired) electrons. The summed E-state index contributed by atoms with van der Waals surface area (Å²) in [6, 6.07) is 15.9. The summed E-state index contributed by atoms with van der Waals surface area (Å²) in [6.45, 7) is 2.22. The fourth-order valence-corrected chi connectivity index (χ4v) is 6.40. The van der Waals surface area contributed by atoms with Gasteiger partial charge in [0.25, 0.3) is 0 Å². The Bertz CT molecular complexity index is 1320. The van der Waals surface area contributed by atoms with Crippen molar-refractivity contribution < 1.29 is 14.4 Å². The Kier molecular flexibility index (Phi) is 11.9. The van der Waals surface area contributed by atoms with Crippen LogP contribution in [0.1, 0.15) is 61.6 Å². The van der Waals surface area contributed by atoms with Gasteiger partial charge in [-0.25, -0.2) is 0 Å². The number of amidine groups is 1. The van der Waals surface area contributed by atoms with Crippen molar-refractivity contribution in [2.75, 3.05) is 26.7 Å². The van der Waals surface area contributed by atoms with Gasteiger partial charge in [0.1, 0.15) is 17.8 Å². The molecule has 1 heterocycles. The van der Waals surface area contributed by atoms with E-state index in [0.717, 1.165) is 56.1 Å². The Morgan fingerprint density at radius 3 is 2.13 bits per heavy atom. The molecule has 2 aromatic rings. The number of benzene rings is 2. The topological polar surface area (TPSA) is 181 Å². The second-order valence-electron chi connectivity index (χ2n) is 12.5. The van der Waals surface area contributed by atoms with Gasteiger partial charge >= 0.3 is 0 Å². The Morgan fingerprint density at radius 1 is 0.889 bits per heavy atom. The first-order chi connectivity index (χ1) is 21.6. The van der Waals surface area contributed by atoms with Gasteiger partial charge in [0.2, 0.25) is 17.7 Å². The summed E-state index contributed by atoms with van der Waals surface area (Å²) in [5.41, 5.74) is 13.5. The van der Waals surface area contributed by atoms with Crippen LogP contribution < -0.4 is 22.1 Å². The predicted octanol–water partition coefficient (Wildman–Crippen LogP) is 2.57. The van der Waals surface area contributed by atoms with E-state index in [-0.39, 0.29) is 41.9 Å². The largest absolute Gasteiger partial charge is 0.384 e. The molecular weight excluding hydrogens is 568 g/mol. The molecule has 2 aliphatic rings. The van der Waals surface area contributed by atoms with Crippen molar-refractivity contribution in [1.29, 1.82) is 10.8 Å². The molecule has 4 rings (SSSR count). The van der Waals surface area contributed by atoms with Crippen LogP contribution in [-0.2, 0) is 27.3 Å². The molecule has 11 heteroatoms. The van der Waals surface area contributed by atoms with Crippen molar-refractivity contribution in [3.05, 3.63) is 71.3 Å². The number of amides is 3. The third-order valence-corrected chi connectivity index (χ3v) is 9.18. The van der Waals surface area contributed by atoms with Crippen molar-refractivity contribution in [1.82, 2.24) is 20.4 Å². The molecule has 1 aliphatic heterocycles. The lowest BCUT2D eigenvalue weighted by Gasteiger charge is -2.34. The second-order valence-corrected chi connectivity index (χ2v) is 12.5. The van der Waals surface area contributed by atoms with Gasteiger partial charge in [-0.1, -0.05) is 73.9 Å². The fraction of sp³-hybridized carbons (Fsp3) is 0.500.